The highest BCUT2D eigenvalue weighted by atomic mass is 32.2. The Balaban J connectivity index is 2.03. The Bertz CT molecular complexity index is 875. The Hall–Kier alpha value is -2.38. The summed E-state index contributed by atoms with van der Waals surface area (Å²) in [6, 6.07) is 12.4. The first kappa shape index (κ1) is 19.9. The molecule has 0 heterocycles. The zero-order valence-electron chi connectivity index (χ0n) is 15.4. The van der Waals surface area contributed by atoms with Gasteiger partial charge in [0.25, 0.3) is 0 Å². The number of carbonyl (C=O) groups is 1. The molecule has 0 spiro atoms. The Morgan fingerprint density at radius 3 is 2.31 bits per heavy atom. The number of rotatable bonds is 7. The summed E-state index contributed by atoms with van der Waals surface area (Å²) < 4.78 is 32.3. The molecule has 6 nitrogen and oxygen atoms in total. The molecular formula is C19H24N2O4S. The SMILES string of the molecule is COC(=O)c1ccc(S(=O)(=O)NCCc2ccc(N(C)C)cc2)c(C)c1. The third-order valence-electron chi connectivity index (χ3n) is 4.04. The van der Waals surface area contributed by atoms with E-state index >= 15 is 0 Å². The summed E-state index contributed by atoms with van der Waals surface area (Å²) >= 11 is 0. The standard InChI is InChI=1S/C19H24N2O4S/c1-14-13-16(19(22)25-4)7-10-18(14)26(23,24)20-12-11-15-5-8-17(9-6-15)21(2)3/h5-10,13,20H,11-12H2,1-4H3. The second kappa shape index (κ2) is 8.33. The van der Waals surface area contributed by atoms with Gasteiger partial charge in [-0.25, -0.2) is 17.9 Å². The monoisotopic (exact) mass is 376 g/mol. The largest absolute Gasteiger partial charge is 0.465 e. The van der Waals surface area contributed by atoms with E-state index in [1.54, 1.807) is 6.92 Å². The lowest BCUT2D eigenvalue weighted by Crippen LogP contribution is -2.26. The van der Waals surface area contributed by atoms with Gasteiger partial charge in [0.05, 0.1) is 17.6 Å². The molecule has 140 valence electrons. The van der Waals surface area contributed by atoms with E-state index in [9.17, 15) is 13.2 Å². The average Bonchev–Trinajstić information content (AvgIpc) is 2.61. The van der Waals surface area contributed by atoms with Crippen molar-refractivity contribution < 1.29 is 17.9 Å². The molecule has 0 bridgehead atoms. The molecule has 0 atom stereocenters. The van der Waals surface area contributed by atoms with Gasteiger partial charge in [0.1, 0.15) is 0 Å². The van der Waals surface area contributed by atoms with Crippen molar-refractivity contribution >= 4 is 21.7 Å². The molecule has 7 heteroatoms. The summed E-state index contributed by atoms with van der Waals surface area (Å²) in [4.78, 5) is 13.7. The zero-order valence-corrected chi connectivity index (χ0v) is 16.3. The van der Waals surface area contributed by atoms with Crippen molar-refractivity contribution in [2.75, 3.05) is 32.6 Å². The Morgan fingerprint density at radius 2 is 1.77 bits per heavy atom. The minimum Gasteiger partial charge on any atom is -0.465 e. The summed E-state index contributed by atoms with van der Waals surface area (Å²) in [7, 11) is 1.58. The van der Waals surface area contributed by atoms with Gasteiger partial charge in [0, 0.05) is 26.3 Å². The molecule has 2 aromatic carbocycles. The number of anilines is 1. The molecule has 2 rings (SSSR count). The molecule has 0 aliphatic heterocycles. The first-order valence-corrected chi connectivity index (χ1v) is 9.68. The normalized spacial score (nSPS) is 11.2. The van der Waals surface area contributed by atoms with E-state index in [2.05, 4.69) is 9.46 Å². The lowest BCUT2D eigenvalue weighted by molar-refractivity contribution is 0.0600. The molecular weight excluding hydrogens is 352 g/mol. The van der Waals surface area contributed by atoms with Gasteiger partial charge in [-0.2, -0.15) is 0 Å². The van der Waals surface area contributed by atoms with Crippen LogP contribution in [0.15, 0.2) is 47.4 Å². The van der Waals surface area contributed by atoms with Crippen LogP contribution < -0.4 is 9.62 Å². The molecule has 1 N–H and O–H groups in total. The van der Waals surface area contributed by atoms with Crippen molar-refractivity contribution in [1.82, 2.24) is 4.72 Å². The highest BCUT2D eigenvalue weighted by Gasteiger charge is 2.18. The number of methoxy groups -OCH3 is 1. The number of hydrogen-bond donors (Lipinski definition) is 1. The van der Waals surface area contributed by atoms with E-state index in [1.165, 1.54) is 25.3 Å². The Morgan fingerprint density at radius 1 is 1.12 bits per heavy atom. The first-order valence-electron chi connectivity index (χ1n) is 8.19. The van der Waals surface area contributed by atoms with Crippen molar-refractivity contribution in [3.63, 3.8) is 0 Å². The first-order chi connectivity index (χ1) is 12.2. The maximum atomic E-state index is 12.5. The van der Waals surface area contributed by atoms with E-state index in [4.69, 9.17) is 0 Å². The van der Waals surface area contributed by atoms with E-state index < -0.39 is 16.0 Å². The molecule has 0 unspecified atom stereocenters. The summed E-state index contributed by atoms with van der Waals surface area (Å²) in [5.41, 5.74) is 2.97. The van der Waals surface area contributed by atoms with E-state index in [-0.39, 0.29) is 4.90 Å². The number of hydrogen-bond acceptors (Lipinski definition) is 5. The summed E-state index contributed by atoms with van der Waals surface area (Å²) in [6.07, 6.45) is 0.590. The van der Waals surface area contributed by atoms with Crippen LogP contribution in [-0.4, -0.2) is 42.1 Å². The van der Waals surface area contributed by atoms with Gasteiger partial charge in [-0.1, -0.05) is 12.1 Å². The van der Waals surface area contributed by atoms with E-state index in [1.807, 2.05) is 43.3 Å². The Kier molecular flexibility index (Phi) is 6.39. The molecule has 0 aliphatic rings. The fraction of sp³-hybridized carbons (Fsp3) is 0.316. The van der Waals surface area contributed by atoms with Gasteiger partial charge in [0.2, 0.25) is 10.0 Å². The number of carbonyl (C=O) groups excluding carboxylic acids is 1. The number of aryl methyl sites for hydroxylation is 1. The second-order valence-electron chi connectivity index (χ2n) is 6.18. The number of ether oxygens (including phenoxy) is 1. The molecule has 2 aromatic rings. The lowest BCUT2D eigenvalue weighted by Gasteiger charge is -2.13. The fourth-order valence-electron chi connectivity index (χ4n) is 2.56. The predicted molar refractivity (Wildman–Crippen MR) is 102 cm³/mol. The average molecular weight is 376 g/mol. The van der Waals surface area contributed by atoms with Crippen LogP contribution in [0.4, 0.5) is 5.69 Å². The van der Waals surface area contributed by atoms with Crippen LogP contribution in [0.3, 0.4) is 0 Å². The van der Waals surface area contributed by atoms with Crippen LogP contribution in [-0.2, 0) is 21.2 Å². The summed E-state index contributed by atoms with van der Waals surface area (Å²) in [6.45, 7) is 1.95. The summed E-state index contributed by atoms with van der Waals surface area (Å²) in [5.74, 6) is -0.494. The molecule has 26 heavy (non-hydrogen) atoms. The fourth-order valence-corrected chi connectivity index (χ4v) is 3.82. The number of nitrogens with zero attached hydrogens (tertiary/aromatic N) is 1. The van der Waals surface area contributed by atoms with Crippen molar-refractivity contribution in [2.24, 2.45) is 0 Å². The van der Waals surface area contributed by atoms with Crippen LogP contribution in [0.25, 0.3) is 0 Å². The number of benzene rings is 2. The van der Waals surface area contributed by atoms with Crippen molar-refractivity contribution in [3.8, 4) is 0 Å². The van der Waals surface area contributed by atoms with Gasteiger partial charge < -0.3 is 9.64 Å². The van der Waals surface area contributed by atoms with Gasteiger partial charge >= 0.3 is 5.97 Å². The molecule has 0 amide bonds. The van der Waals surface area contributed by atoms with Gasteiger partial charge in [0.15, 0.2) is 0 Å². The van der Waals surface area contributed by atoms with Crippen molar-refractivity contribution in [3.05, 3.63) is 59.2 Å². The second-order valence-corrected chi connectivity index (χ2v) is 7.92. The number of esters is 1. The lowest BCUT2D eigenvalue weighted by atomic mass is 10.1. The van der Waals surface area contributed by atoms with Crippen molar-refractivity contribution in [2.45, 2.75) is 18.2 Å². The molecule has 0 aromatic heterocycles. The maximum absolute atomic E-state index is 12.5. The van der Waals surface area contributed by atoms with Crippen LogP contribution >= 0.6 is 0 Å². The minimum absolute atomic E-state index is 0.160. The third-order valence-corrected chi connectivity index (χ3v) is 5.67. The van der Waals surface area contributed by atoms with Gasteiger partial charge in [-0.3, -0.25) is 0 Å². The molecule has 0 radical (unpaired) electrons. The minimum atomic E-state index is -3.64. The highest BCUT2D eigenvalue weighted by Crippen LogP contribution is 2.17. The van der Waals surface area contributed by atoms with E-state index in [0.717, 1.165) is 11.3 Å². The molecule has 0 aliphatic carbocycles. The van der Waals surface area contributed by atoms with Gasteiger partial charge in [-0.05, 0) is 54.8 Å². The zero-order chi connectivity index (χ0) is 19.3. The maximum Gasteiger partial charge on any atom is 0.337 e. The predicted octanol–water partition coefficient (Wildman–Crippen LogP) is 2.37. The molecule has 0 fully saturated rings. The van der Waals surface area contributed by atoms with Crippen LogP contribution in [0.5, 0.6) is 0 Å². The van der Waals surface area contributed by atoms with E-state index in [0.29, 0.717) is 24.1 Å². The van der Waals surface area contributed by atoms with Crippen LogP contribution in [0.2, 0.25) is 0 Å². The third kappa shape index (κ3) is 4.83. The smallest absolute Gasteiger partial charge is 0.337 e. The van der Waals surface area contributed by atoms with Crippen molar-refractivity contribution in [1.29, 1.82) is 0 Å². The molecule has 0 saturated heterocycles. The summed E-state index contributed by atoms with van der Waals surface area (Å²) in [5, 5.41) is 0. The number of sulfonamides is 1. The highest BCUT2D eigenvalue weighted by molar-refractivity contribution is 7.89. The quantitative estimate of drug-likeness (QED) is 0.751. The van der Waals surface area contributed by atoms with Crippen LogP contribution in [0, 0.1) is 6.92 Å². The molecule has 0 saturated carbocycles. The van der Waals surface area contributed by atoms with Gasteiger partial charge in [-0.15, -0.1) is 0 Å². The van der Waals surface area contributed by atoms with Crippen LogP contribution in [0.1, 0.15) is 21.5 Å². The Labute approximate surface area is 154 Å². The topological polar surface area (TPSA) is 75.7 Å². The number of nitrogens with one attached hydrogen (secondary N) is 1.